The lowest BCUT2D eigenvalue weighted by molar-refractivity contribution is 0.410. The molecule has 0 unspecified atom stereocenters. The summed E-state index contributed by atoms with van der Waals surface area (Å²) in [6, 6.07) is 6.98. The number of hydrogen-bond acceptors (Lipinski definition) is 6. The number of nitrogens with zero attached hydrogens (tertiary/aromatic N) is 4. The first-order chi connectivity index (χ1) is 11.4. The summed E-state index contributed by atoms with van der Waals surface area (Å²) in [5.41, 5.74) is 0.403. The Morgan fingerprint density at radius 2 is 2.12 bits per heavy atom. The van der Waals surface area contributed by atoms with Crippen molar-refractivity contribution < 1.29 is 8.42 Å². The zero-order valence-corrected chi connectivity index (χ0v) is 14.2. The van der Waals surface area contributed by atoms with Gasteiger partial charge in [0.25, 0.3) is 5.56 Å². The Morgan fingerprint density at radius 1 is 1.29 bits per heavy atom. The van der Waals surface area contributed by atoms with Crippen molar-refractivity contribution in [1.29, 1.82) is 0 Å². The van der Waals surface area contributed by atoms with E-state index in [2.05, 4.69) is 15.3 Å². The minimum Gasteiger partial charge on any atom is -0.364 e. The van der Waals surface area contributed by atoms with E-state index < -0.39 is 10.0 Å². The van der Waals surface area contributed by atoms with E-state index in [1.165, 1.54) is 16.6 Å². The number of fused-ring (bicyclic) bond motifs is 1. The van der Waals surface area contributed by atoms with Gasteiger partial charge in [0.15, 0.2) is 0 Å². The van der Waals surface area contributed by atoms with E-state index in [-0.39, 0.29) is 12.1 Å². The molecule has 0 saturated carbocycles. The zero-order chi connectivity index (χ0) is 17.2. The van der Waals surface area contributed by atoms with Crippen molar-refractivity contribution in [1.82, 2.24) is 18.8 Å². The lowest BCUT2D eigenvalue weighted by Crippen LogP contribution is -2.31. The Labute approximate surface area is 140 Å². The second kappa shape index (κ2) is 6.70. The average molecular weight is 349 g/mol. The lowest BCUT2D eigenvalue weighted by Gasteiger charge is -2.17. The Bertz CT molecular complexity index is 880. The molecule has 1 aliphatic rings. The van der Waals surface area contributed by atoms with Gasteiger partial charge < -0.3 is 5.32 Å². The van der Waals surface area contributed by atoms with Crippen molar-refractivity contribution in [3.05, 3.63) is 52.3 Å². The molecule has 2 aromatic heterocycles. The summed E-state index contributed by atoms with van der Waals surface area (Å²) in [4.78, 5) is 20.9. The van der Waals surface area contributed by atoms with Crippen LogP contribution >= 0.6 is 0 Å². The number of sulfonamides is 1. The standard InChI is InChI=1S/C15H19N5O3S/c1-24(22,23)19-7-4-8-20-14(11-19)18-12(9-15(20)21)10-17-13-5-2-3-6-16-13/h2-3,5-6,9H,4,7-8,10-11H2,1H3,(H,16,17). The third-order valence-corrected chi connectivity index (χ3v) is 5.08. The Kier molecular flexibility index (Phi) is 4.63. The van der Waals surface area contributed by atoms with Crippen LogP contribution in [0.5, 0.6) is 0 Å². The second-order valence-corrected chi connectivity index (χ2v) is 7.65. The van der Waals surface area contributed by atoms with Gasteiger partial charge in [-0.15, -0.1) is 0 Å². The number of rotatable bonds is 4. The van der Waals surface area contributed by atoms with Crippen molar-refractivity contribution in [3.8, 4) is 0 Å². The molecule has 3 rings (SSSR count). The van der Waals surface area contributed by atoms with Crippen LogP contribution in [-0.2, 0) is 29.7 Å². The molecule has 2 aromatic rings. The largest absolute Gasteiger partial charge is 0.364 e. The van der Waals surface area contributed by atoms with Crippen molar-refractivity contribution in [2.45, 2.75) is 26.1 Å². The molecule has 0 aromatic carbocycles. The highest BCUT2D eigenvalue weighted by atomic mass is 32.2. The summed E-state index contributed by atoms with van der Waals surface area (Å²) in [6.45, 7) is 1.33. The average Bonchev–Trinajstić information content (AvgIpc) is 2.76. The van der Waals surface area contributed by atoms with Crippen molar-refractivity contribution in [2.75, 3.05) is 18.1 Å². The van der Waals surface area contributed by atoms with Crippen LogP contribution in [0.15, 0.2) is 35.3 Å². The van der Waals surface area contributed by atoms with Crippen LogP contribution < -0.4 is 10.9 Å². The van der Waals surface area contributed by atoms with E-state index in [0.29, 0.717) is 43.4 Å². The summed E-state index contributed by atoms with van der Waals surface area (Å²) in [5.74, 6) is 1.16. The zero-order valence-electron chi connectivity index (χ0n) is 13.3. The predicted molar refractivity (Wildman–Crippen MR) is 89.9 cm³/mol. The van der Waals surface area contributed by atoms with Crippen LogP contribution in [0.4, 0.5) is 5.82 Å². The normalized spacial score (nSPS) is 15.5. The Morgan fingerprint density at radius 3 is 2.83 bits per heavy atom. The first kappa shape index (κ1) is 16.6. The van der Waals surface area contributed by atoms with Gasteiger partial charge in [0.05, 0.1) is 25.0 Å². The van der Waals surface area contributed by atoms with Gasteiger partial charge in [-0.3, -0.25) is 9.36 Å². The molecule has 1 N–H and O–H groups in total. The van der Waals surface area contributed by atoms with Crippen LogP contribution in [0.2, 0.25) is 0 Å². The summed E-state index contributed by atoms with van der Waals surface area (Å²) >= 11 is 0. The summed E-state index contributed by atoms with van der Waals surface area (Å²) in [5, 5.41) is 3.10. The number of anilines is 1. The summed E-state index contributed by atoms with van der Waals surface area (Å²) < 4.78 is 26.5. The molecule has 128 valence electrons. The first-order valence-electron chi connectivity index (χ1n) is 7.63. The van der Waals surface area contributed by atoms with E-state index in [0.717, 1.165) is 0 Å². The van der Waals surface area contributed by atoms with Crippen molar-refractivity contribution in [3.63, 3.8) is 0 Å². The molecular formula is C15H19N5O3S. The molecule has 8 nitrogen and oxygen atoms in total. The highest BCUT2D eigenvalue weighted by Crippen LogP contribution is 2.12. The highest BCUT2D eigenvalue weighted by Gasteiger charge is 2.23. The van der Waals surface area contributed by atoms with Gasteiger partial charge in [0.2, 0.25) is 10.0 Å². The molecular weight excluding hydrogens is 330 g/mol. The monoisotopic (exact) mass is 349 g/mol. The smallest absolute Gasteiger partial charge is 0.253 e. The molecule has 0 amide bonds. The van der Waals surface area contributed by atoms with Gasteiger partial charge in [-0.2, -0.15) is 4.31 Å². The SMILES string of the molecule is CS(=O)(=O)N1CCCn2c(nc(CNc3ccccn3)cc2=O)C1. The fraction of sp³-hybridized carbons (Fsp3) is 0.400. The third kappa shape index (κ3) is 3.80. The molecule has 3 heterocycles. The second-order valence-electron chi connectivity index (χ2n) is 5.67. The van der Waals surface area contributed by atoms with Crippen LogP contribution in [-0.4, -0.2) is 40.1 Å². The summed E-state index contributed by atoms with van der Waals surface area (Å²) in [7, 11) is -3.32. The maximum atomic E-state index is 12.3. The Hall–Kier alpha value is -2.26. The van der Waals surface area contributed by atoms with E-state index in [1.807, 2.05) is 18.2 Å². The van der Waals surface area contributed by atoms with Crippen molar-refractivity contribution >= 4 is 15.8 Å². The third-order valence-electron chi connectivity index (χ3n) is 3.83. The number of nitrogens with one attached hydrogen (secondary N) is 1. The first-order valence-corrected chi connectivity index (χ1v) is 9.48. The van der Waals surface area contributed by atoms with Crippen LogP contribution in [0.1, 0.15) is 17.9 Å². The molecule has 0 fully saturated rings. The molecule has 1 aliphatic heterocycles. The molecule has 0 bridgehead atoms. The summed E-state index contributed by atoms with van der Waals surface area (Å²) in [6.07, 6.45) is 3.44. The molecule has 0 radical (unpaired) electrons. The molecule has 9 heteroatoms. The molecule has 0 spiro atoms. The lowest BCUT2D eigenvalue weighted by atomic mass is 10.3. The number of aromatic nitrogens is 3. The number of pyridine rings is 1. The van der Waals surface area contributed by atoms with Gasteiger partial charge in [-0.1, -0.05) is 6.07 Å². The van der Waals surface area contributed by atoms with E-state index in [4.69, 9.17) is 0 Å². The van der Waals surface area contributed by atoms with Crippen LogP contribution in [0.3, 0.4) is 0 Å². The van der Waals surface area contributed by atoms with Gasteiger partial charge >= 0.3 is 0 Å². The molecule has 0 aliphatic carbocycles. The topological polar surface area (TPSA) is 97.2 Å². The van der Waals surface area contributed by atoms with Crippen molar-refractivity contribution in [2.24, 2.45) is 0 Å². The predicted octanol–water partition coefficient (Wildman–Crippen LogP) is 0.416. The molecule has 0 atom stereocenters. The van der Waals surface area contributed by atoms with Gasteiger partial charge in [0, 0.05) is 25.4 Å². The van der Waals surface area contributed by atoms with Gasteiger partial charge in [-0.05, 0) is 18.6 Å². The number of hydrogen-bond donors (Lipinski definition) is 1. The highest BCUT2D eigenvalue weighted by molar-refractivity contribution is 7.88. The fourth-order valence-corrected chi connectivity index (χ4v) is 3.44. The van der Waals surface area contributed by atoms with E-state index >= 15 is 0 Å². The van der Waals surface area contributed by atoms with Gasteiger partial charge in [0.1, 0.15) is 11.6 Å². The maximum Gasteiger partial charge on any atom is 0.253 e. The quantitative estimate of drug-likeness (QED) is 0.859. The minimum absolute atomic E-state index is 0.117. The van der Waals surface area contributed by atoms with Crippen LogP contribution in [0.25, 0.3) is 0 Å². The maximum absolute atomic E-state index is 12.3. The molecule has 0 saturated heterocycles. The van der Waals surface area contributed by atoms with Crippen LogP contribution in [0, 0.1) is 0 Å². The fourth-order valence-electron chi connectivity index (χ4n) is 2.63. The van der Waals surface area contributed by atoms with E-state index in [1.54, 1.807) is 10.8 Å². The molecule has 24 heavy (non-hydrogen) atoms. The minimum atomic E-state index is -3.32. The van der Waals surface area contributed by atoms with E-state index in [9.17, 15) is 13.2 Å². The Balaban J connectivity index is 1.85. The van der Waals surface area contributed by atoms with Gasteiger partial charge in [-0.25, -0.2) is 18.4 Å².